The predicted octanol–water partition coefficient (Wildman–Crippen LogP) is 3.18. The first-order valence-corrected chi connectivity index (χ1v) is 8.79. The summed E-state index contributed by atoms with van der Waals surface area (Å²) in [7, 11) is 0. The Kier molecular flexibility index (Phi) is 5.97. The van der Waals surface area contributed by atoms with Crippen LogP contribution < -0.4 is 5.43 Å². The molecular weight excluding hydrogens is 302 g/mol. The van der Waals surface area contributed by atoms with Crippen LogP contribution in [-0.2, 0) is 9.59 Å². The van der Waals surface area contributed by atoms with E-state index in [-0.39, 0.29) is 23.8 Å². The van der Waals surface area contributed by atoms with Gasteiger partial charge >= 0.3 is 0 Å². The van der Waals surface area contributed by atoms with Gasteiger partial charge in [0.15, 0.2) is 0 Å². The molecule has 24 heavy (non-hydrogen) atoms. The smallest absolute Gasteiger partial charge is 0.259 e. The number of likely N-dealkylation sites (tertiary alicyclic amines) is 1. The highest BCUT2D eigenvalue weighted by Crippen LogP contribution is 2.40. The lowest BCUT2D eigenvalue weighted by molar-refractivity contribution is -0.133. The van der Waals surface area contributed by atoms with Crippen molar-refractivity contribution >= 4 is 17.5 Å². The Bertz CT molecular complexity index is 600. The third-order valence-electron chi connectivity index (χ3n) is 4.90. The number of hydrogen-bond donors (Lipinski definition) is 1. The van der Waals surface area contributed by atoms with E-state index in [0.29, 0.717) is 13.0 Å². The molecule has 0 unspecified atom stereocenters. The second-order valence-electron chi connectivity index (χ2n) is 7.47. The Hall–Kier alpha value is -1.91. The zero-order valence-corrected chi connectivity index (χ0v) is 15.3. The Morgan fingerprint density at radius 3 is 2.71 bits per heavy atom. The number of amides is 2. The maximum Gasteiger partial charge on any atom is 0.259 e. The van der Waals surface area contributed by atoms with Gasteiger partial charge in [-0.05, 0) is 56.6 Å². The van der Waals surface area contributed by atoms with Gasteiger partial charge in [0.05, 0.1) is 5.71 Å². The molecule has 0 saturated carbocycles. The van der Waals surface area contributed by atoms with Crippen molar-refractivity contribution < 1.29 is 9.59 Å². The van der Waals surface area contributed by atoms with Gasteiger partial charge in [-0.25, -0.2) is 5.43 Å². The van der Waals surface area contributed by atoms with Crippen molar-refractivity contribution in [3.8, 4) is 0 Å². The Morgan fingerprint density at radius 1 is 1.33 bits per heavy atom. The first-order chi connectivity index (χ1) is 11.3. The minimum absolute atomic E-state index is 0.0488. The summed E-state index contributed by atoms with van der Waals surface area (Å²) in [4.78, 5) is 25.0. The van der Waals surface area contributed by atoms with Crippen molar-refractivity contribution in [2.45, 2.75) is 59.8 Å². The normalized spacial score (nSPS) is 21.8. The van der Waals surface area contributed by atoms with Crippen LogP contribution in [0.15, 0.2) is 28.4 Å². The minimum Gasteiger partial charge on any atom is -0.333 e. The number of carbonyl (C=O) groups excluding carboxylic acids is 2. The van der Waals surface area contributed by atoms with E-state index < -0.39 is 0 Å². The van der Waals surface area contributed by atoms with Crippen molar-refractivity contribution in [1.82, 2.24) is 10.3 Å². The van der Waals surface area contributed by atoms with E-state index >= 15 is 0 Å². The van der Waals surface area contributed by atoms with E-state index in [1.54, 1.807) is 4.90 Å². The van der Waals surface area contributed by atoms with Crippen LogP contribution in [0.1, 0.15) is 59.8 Å². The van der Waals surface area contributed by atoms with Gasteiger partial charge in [-0.2, -0.15) is 5.10 Å². The molecule has 1 aliphatic heterocycles. The van der Waals surface area contributed by atoms with Gasteiger partial charge in [-0.3, -0.25) is 9.59 Å². The van der Waals surface area contributed by atoms with Crippen LogP contribution in [0.4, 0.5) is 0 Å². The molecule has 1 saturated heterocycles. The van der Waals surface area contributed by atoms with Gasteiger partial charge in [-0.15, -0.1) is 0 Å². The molecule has 0 atom stereocenters. The van der Waals surface area contributed by atoms with Crippen LogP contribution in [0, 0.1) is 5.41 Å². The fourth-order valence-electron chi connectivity index (χ4n) is 3.48. The second kappa shape index (κ2) is 7.77. The highest BCUT2D eigenvalue weighted by molar-refractivity contribution is 5.94. The predicted molar refractivity (Wildman–Crippen MR) is 96.5 cm³/mol. The van der Waals surface area contributed by atoms with Gasteiger partial charge in [0, 0.05) is 13.0 Å². The summed E-state index contributed by atoms with van der Waals surface area (Å²) in [6.07, 6.45) is 9.05. The molecule has 0 spiro atoms. The Morgan fingerprint density at radius 2 is 2.08 bits per heavy atom. The third-order valence-corrected chi connectivity index (χ3v) is 4.90. The van der Waals surface area contributed by atoms with Gasteiger partial charge in [-0.1, -0.05) is 25.5 Å². The molecule has 2 amide bonds. The van der Waals surface area contributed by atoms with Crippen molar-refractivity contribution in [2.24, 2.45) is 10.5 Å². The fourth-order valence-corrected chi connectivity index (χ4v) is 3.48. The molecule has 5 heteroatoms. The molecule has 0 aromatic heterocycles. The first kappa shape index (κ1) is 18.4. The maximum absolute atomic E-state index is 11.9. The number of nitrogens with zero attached hydrogens (tertiary/aromatic N) is 2. The van der Waals surface area contributed by atoms with Gasteiger partial charge in [0.2, 0.25) is 5.91 Å². The Labute approximate surface area is 144 Å². The zero-order valence-electron chi connectivity index (χ0n) is 15.3. The molecular formula is C19H29N3O2. The minimum atomic E-state index is -0.244. The van der Waals surface area contributed by atoms with Gasteiger partial charge in [0.25, 0.3) is 5.91 Å². The molecule has 0 bridgehead atoms. The summed E-state index contributed by atoms with van der Waals surface area (Å²) in [6.45, 7) is 9.37. The van der Waals surface area contributed by atoms with Crippen molar-refractivity contribution in [1.29, 1.82) is 0 Å². The van der Waals surface area contributed by atoms with Gasteiger partial charge in [0.1, 0.15) is 6.54 Å². The maximum atomic E-state index is 11.9. The highest BCUT2D eigenvalue weighted by Gasteiger charge is 2.26. The molecule has 2 aliphatic rings. The molecule has 132 valence electrons. The third kappa shape index (κ3) is 4.79. The van der Waals surface area contributed by atoms with E-state index in [2.05, 4.69) is 37.4 Å². The lowest BCUT2D eigenvalue weighted by atomic mass is 9.72. The van der Waals surface area contributed by atoms with Crippen LogP contribution in [0.5, 0.6) is 0 Å². The van der Waals surface area contributed by atoms with E-state index in [9.17, 15) is 9.59 Å². The molecule has 1 N–H and O–H groups in total. The van der Waals surface area contributed by atoms with E-state index in [0.717, 1.165) is 18.6 Å². The number of allylic oxidation sites excluding steroid dienone is 4. The second-order valence-corrected chi connectivity index (χ2v) is 7.47. The molecule has 2 rings (SSSR count). The fraction of sp³-hybridized carbons (Fsp3) is 0.632. The quantitative estimate of drug-likeness (QED) is 0.621. The molecule has 5 nitrogen and oxygen atoms in total. The summed E-state index contributed by atoms with van der Waals surface area (Å²) in [5.74, 6) is -0.195. The van der Waals surface area contributed by atoms with Gasteiger partial charge < -0.3 is 4.90 Å². The van der Waals surface area contributed by atoms with Crippen LogP contribution in [0.25, 0.3) is 0 Å². The topological polar surface area (TPSA) is 61.8 Å². The number of hydrogen-bond acceptors (Lipinski definition) is 3. The van der Waals surface area contributed by atoms with Crippen LogP contribution in [-0.4, -0.2) is 35.5 Å². The zero-order chi connectivity index (χ0) is 17.7. The molecule has 1 aliphatic carbocycles. The summed E-state index contributed by atoms with van der Waals surface area (Å²) < 4.78 is 0. The SMILES string of the molecule is CC(/C=C\C1=C(C)CCCC1(C)C)=NNC(=O)CN1CCCC1=O. The summed E-state index contributed by atoms with van der Waals surface area (Å²) in [5.41, 5.74) is 6.29. The summed E-state index contributed by atoms with van der Waals surface area (Å²) in [6, 6.07) is 0. The molecule has 0 radical (unpaired) electrons. The average Bonchev–Trinajstić information content (AvgIpc) is 2.89. The molecule has 0 aromatic rings. The summed E-state index contributed by atoms with van der Waals surface area (Å²) >= 11 is 0. The molecule has 0 aromatic carbocycles. The van der Waals surface area contributed by atoms with Crippen LogP contribution >= 0.6 is 0 Å². The number of carbonyl (C=O) groups is 2. The van der Waals surface area contributed by atoms with Crippen LogP contribution in [0.3, 0.4) is 0 Å². The standard InChI is InChI=1S/C19H29N3O2/c1-14-7-5-11-19(3,4)16(14)10-9-15(2)20-21-17(23)13-22-12-6-8-18(22)24/h9-10H,5-8,11-13H2,1-4H3,(H,21,23)/b10-9-,20-15?. The monoisotopic (exact) mass is 331 g/mol. The largest absolute Gasteiger partial charge is 0.333 e. The van der Waals surface area contributed by atoms with Crippen molar-refractivity contribution in [3.63, 3.8) is 0 Å². The lowest BCUT2D eigenvalue weighted by Gasteiger charge is -2.32. The van der Waals surface area contributed by atoms with E-state index in [1.807, 2.05) is 13.0 Å². The number of nitrogens with one attached hydrogen (secondary N) is 1. The van der Waals surface area contributed by atoms with E-state index in [1.165, 1.54) is 24.0 Å². The van der Waals surface area contributed by atoms with Crippen LogP contribution in [0.2, 0.25) is 0 Å². The highest BCUT2D eigenvalue weighted by atomic mass is 16.2. The number of hydrazone groups is 1. The van der Waals surface area contributed by atoms with Crippen molar-refractivity contribution in [2.75, 3.05) is 13.1 Å². The first-order valence-electron chi connectivity index (χ1n) is 8.79. The molecule has 1 fully saturated rings. The summed E-state index contributed by atoms with van der Waals surface area (Å²) in [5, 5.41) is 4.12. The average molecular weight is 331 g/mol. The van der Waals surface area contributed by atoms with Crippen molar-refractivity contribution in [3.05, 3.63) is 23.3 Å². The Balaban J connectivity index is 1.91. The van der Waals surface area contributed by atoms with E-state index in [4.69, 9.17) is 0 Å². The number of rotatable bonds is 5. The lowest BCUT2D eigenvalue weighted by Crippen LogP contribution is -2.36. The molecule has 1 heterocycles.